The van der Waals surface area contributed by atoms with Crippen LogP contribution in [0.15, 0.2) is 23.3 Å². The van der Waals surface area contributed by atoms with E-state index in [0.717, 1.165) is 12.8 Å². The Bertz CT molecular complexity index is 161. The molecule has 0 aromatic rings. The highest BCUT2D eigenvalue weighted by Gasteiger charge is 2.11. The molecule has 0 fully saturated rings. The quantitative estimate of drug-likeness (QED) is 0.500. The topological polar surface area (TPSA) is 0 Å². The molecule has 0 amide bonds. The molecule has 1 aliphatic rings. The third-order valence-electron chi connectivity index (χ3n) is 1.91. The van der Waals surface area contributed by atoms with Crippen molar-refractivity contribution in [1.29, 1.82) is 0 Å². The molecule has 0 bridgehead atoms. The van der Waals surface area contributed by atoms with Gasteiger partial charge in [-0.05, 0) is 31.8 Å². The van der Waals surface area contributed by atoms with Crippen LogP contribution in [0.1, 0.15) is 26.7 Å². The van der Waals surface area contributed by atoms with E-state index < -0.39 is 0 Å². The van der Waals surface area contributed by atoms with Crippen LogP contribution in [-0.2, 0) is 0 Å². The van der Waals surface area contributed by atoms with Gasteiger partial charge in [-0.2, -0.15) is 0 Å². The lowest BCUT2D eigenvalue weighted by atomic mass is 10.1. The zero-order chi connectivity index (χ0) is 6.85. The fourth-order valence-electron chi connectivity index (χ4n) is 1.33. The molecular formula is C9H13. The molecule has 0 N–H and O–H groups in total. The van der Waals surface area contributed by atoms with E-state index in [0.29, 0.717) is 0 Å². The zero-order valence-electron chi connectivity index (χ0n) is 6.20. The van der Waals surface area contributed by atoms with Crippen LogP contribution in [-0.4, -0.2) is 0 Å². The Morgan fingerprint density at radius 3 is 2.56 bits per heavy atom. The standard InChI is InChI=1S/C9H13/c1-4-9-7(2)5-6-8(9)3/h6H,2,4-5H2,1,3H3. The van der Waals surface area contributed by atoms with Gasteiger partial charge in [-0.1, -0.05) is 24.6 Å². The molecule has 0 saturated heterocycles. The summed E-state index contributed by atoms with van der Waals surface area (Å²) in [5, 5.41) is 0. The maximum atomic E-state index is 3.97. The van der Waals surface area contributed by atoms with Crippen LogP contribution >= 0.6 is 0 Å². The molecule has 0 aromatic heterocycles. The Labute approximate surface area is 57.3 Å². The molecule has 49 valence electrons. The van der Waals surface area contributed by atoms with Crippen LogP contribution in [0.25, 0.3) is 0 Å². The monoisotopic (exact) mass is 121 g/mol. The van der Waals surface area contributed by atoms with Gasteiger partial charge in [0.15, 0.2) is 0 Å². The van der Waals surface area contributed by atoms with Crippen molar-refractivity contribution in [3.05, 3.63) is 29.7 Å². The molecule has 1 rings (SSSR count). The zero-order valence-corrected chi connectivity index (χ0v) is 6.20. The summed E-state index contributed by atoms with van der Waals surface area (Å²) in [6.07, 6.45) is 4.47. The number of rotatable bonds is 1. The first kappa shape index (κ1) is 6.60. The van der Waals surface area contributed by atoms with Crippen LogP contribution in [0.5, 0.6) is 0 Å². The van der Waals surface area contributed by atoms with Gasteiger partial charge in [0.1, 0.15) is 0 Å². The Morgan fingerprint density at radius 2 is 2.33 bits per heavy atom. The van der Waals surface area contributed by atoms with Crippen molar-refractivity contribution in [3.8, 4) is 0 Å². The lowest BCUT2D eigenvalue weighted by Gasteiger charge is -1.98. The minimum absolute atomic E-state index is 1.08. The summed E-state index contributed by atoms with van der Waals surface area (Å²) in [7, 11) is 0. The lowest BCUT2D eigenvalue weighted by Crippen LogP contribution is -1.78. The average Bonchev–Trinajstić information content (AvgIpc) is 2.12. The van der Waals surface area contributed by atoms with Crippen LogP contribution < -0.4 is 0 Å². The molecule has 0 aliphatic heterocycles. The van der Waals surface area contributed by atoms with Gasteiger partial charge in [-0.3, -0.25) is 0 Å². The summed E-state index contributed by atoms with van der Waals surface area (Å²) in [5.74, 6) is 0. The number of hydrogen-bond acceptors (Lipinski definition) is 0. The highest BCUT2D eigenvalue weighted by molar-refractivity contribution is 5.43. The minimum atomic E-state index is 1.08. The predicted molar refractivity (Wildman–Crippen MR) is 41.0 cm³/mol. The second-order valence-electron chi connectivity index (χ2n) is 2.53. The largest absolute Gasteiger partial charge is 0.0955 e. The Hall–Kier alpha value is -0.520. The summed E-state index contributed by atoms with van der Waals surface area (Å²) in [6.45, 7) is 8.32. The van der Waals surface area contributed by atoms with E-state index >= 15 is 0 Å². The summed E-state index contributed by atoms with van der Waals surface area (Å²) in [5.41, 5.74) is 4.22. The lowest BCUT2D eigenvalue weighted by molar-refractivity contribution is 1.10. The normalized spacial score (nSPS) is 19.6. The molecule has 0 heteroatoms. The summed E-state index contributed by atoms with van der Waals surface area (Å²) in [6, 6.07) is 0. The van der Waals surface area contributed by atoms with E-state index in [2.05, 4.69) is 26.8 Å². The maximum absolute atomic E-state index is 3.97. The first-order valence-electron chi connectivity index (χ1n) is 3.46. The van der Waals surface area contributed by atoms with Gasteiger partial charge >= 0.3 is 0 Å². The predicted octanol–water partition coefficient (Wildman–Crippen LogP) is 2.88. The van der Waals surface area contributed by atoms with Crippen LogP contribution in [0.2, 0.25) is 0 Å². The van der Waals surface area contributed by atoms with Gasteiger partial charge in [0, 0.05) is 0 Å². The highest BCUT2D eigenvalue weighted by Crippen LogP contribution is 2.30. The molecule has 0 aromatic carbocycles. The maximum Gasteiger partial charge on any atom is -0.00908 e. The molecular weight excluding hydrogens is 108 g/mol. The Kier molecular flexibility index (Phi) is 1.75. The van der Waals surface area contributed by atoms with E-state index in [1.807, 2.05) is 0 Å². The third kappa shape index (κ3) is 1.07. The molecule has 0 unspecified atom stereocenters. The van der Waals surface area contributed by atoms with E-state index in [-0.39, 0.29) is 0 Å². The van der Waals surface area contributed by atoms with Crippen molar-refractivity contribution in [2.24, 2.45) is 0 Å². The summed E-state index contributed by atoms with van der Waals surface area (Å²) in [4.78, 5) is 0. The molecule has 0 nitrogen and oxygen atoms in total. The Balaban J connectivity index is 2.82. The van der Waals surface area contributed by atoms with Crippen molar-refractivity contribution < 1.29 is 0 Å². The van der Waals surface area contributed by atoms with E-state index in [1.165, 1.54) is 16.7 Å². The second kappa shape index (κ2) is 2.38. The fourth-order valence-corrected chi connectivity index (χ4v) is 1.33. The van der Waals surface area contributed by atoms with Crippen LogP contribution in [0, 0.1) is 6.42 Å². The fraction of sp³-hybridized carbons (Fsp3) is 0.444. The molecule has 1 aliphatic carbocycles. The van der Waals surface area contributed by atoms with Crippen LogP contribution in [0.4, 0.5) is 0 Å². The molecule has 1 radical (unpaired) electrons. The van der Waals surface area contributed by atoms with Gasteiger partial charge in [-0.25, -0.2) is 0 Å². The first-order chi connectivity index (χ1) is 4.25. The van der Waals surface area contributed by atoms with Gasteiger partial charge in [-0.15, -0.1) is 0 Å². The van der Waals surface area contributed by atoms with E-state index in [1.54, 1.807) is 0 Å². The van der Waals surface area contributed by atoms with Gasteiger partial charge < -0.3 is 0 Å². The van der Waals surface area contributed by atoms with Crippen molar-refractivity contribution in [1.82, 2.24) is 0 Å². The number of allylic oxidation sites excluding steroid dienone is 3. The first-order valence-corrected chi connectivity index (χ1v) is 3.46. The van der Waals surface area contributed by atoms with Crippen molar-refractivity contribution in [2.75, 3.05) is 0 Å². The summed E-state index contributed by atoms with van der Waals surface area (Å²) >= 11 is 0. The second-order valence-corrected chi connectivity index (χ2v) is 2.53. The molecule has 0 saturated carbocycles. The third-order valence-corrected chi connectivity index (χ3v) is 1.91. The van der Waals surface area contributed by atoms with E-state index in [4.69, 9.17) is 0 Å². The van der Waals surface area contributed by atoms with Crippen LogP contribution in [0.3, 0.4) is 0 Å². The van der Waals surface area contributed by atoms with Gasteiger partial charge in [0.2, 0.25) is 0 Å². The van der Waals surface area contributed by atoms with Gasteiger partial charge in [0.25, 0.3) is 0 Å². The van der Waals surface area contributed by atoms with Gasteiger partial charge in [0.05, 0.1) is 0 Å². The summed E-state index contributed by atoms with van der Waals surface area (Å²) < 4.78 is 0. The van der Waals surface area contributed by atoms with E-state index in [9.17, 15) is 0 Å². The SMILES string of the molecule is C=C1C[CH]C(C)=C1CC. The highest BCUT2D eigenvalue weighted by atomic mass is 14.2. The molecule has 0 spiro atoms. The molecule has 0 atom stereocenters. The molecule has 0 heterocycles. The average molecular weight is 121 g/mol. The van der Waals surface area contributed by atoms with Crippen molar-refractivity contribution in [3.63, 3.8) is 0 Å². The van der Waals surface area contributed by atoms with Crippen molar-refractivity contribution in [2.45, 2.75) is 26.7 Å². The number of hydrogen-bond donors (Lipinski definition) is 0. The minimum Gasteiger partial charge on any atom is -0.0955 e. The van der Waals surface area contributed by atoms with Crippen molar-refractivity contribution >= 4 is 0 Å². The Morgan fingerprint density at radius 1 is 1.67 bits per heavy atom. The smallest absolute Gasteiger partial charge is 0.00908 e. The molecule has 9 heavy (non-hydrogen) atoms.